The molecule has 0 bridgehead atoms. The summed E-state index contributed by atoms with van der Waals surface area (Å²) in [5, 5.41) is 0. The molecule has 0 radical (unpaired) electrons. The fraction of sp³-hybridized carbons (Fsp3) is 0.500. The largest absolute Gasteiger partial charge is 0.491 e. The summed E-state index contributed by atoms with van der Waals surface area (Å²) in [4.78, 5) is 0.174. The number of anilines is 1. The van der Waals surface area contributed by atoms with Crippen molar-refractivity contribution in [2.75, 3.05) is 18.1 Å². The zero-order chi connectivity index (χ0) is 12.9. The third-order valence-corrected chi connectivity index (χ3v) is 4.27. The number of ether oxygens (including phenoxy) is 1. The second kappa shape index (κ2) is 5.91. The Morgan fingerprint density at radius 3 is 2.53 bits per heavy atom. The maximum atomic E-state index is 11.9. The van der Waals surface area contributed by atoms with Gasteiger partial charge in [-0.05, 0) is 25.0 Å². The highest BCUT2D eigenvalue weighted by Gasteiger charge is 2.18. The Hall–Kier alpha value is -1.23. The van der Waals surface area contributed by atoms with Crippen LogP contribution in [0.5, 0.6) is 5.75 Å². The van der Waals surface area contributed by atoms with Gasteiger partial charge in [0, 0.05) is 0 Å². The van der Waals surface area contributed by atoms with Crippen LogP contribution in [-0.4, -0.2) is 20.8 Å². The van der Waals surface area contributed by atoms with Crippen molar-refractivity contribution in [2.24, 2.45) is 0 Å². The highest BCUT2D eigenvalue weighted by Crippen LogP contribution is 2.29. The molecule has 0 aromatic heterocycles. The molecule has 17 heavy (non-hydrogen) atoms. The van der Waals surface area contributed by atoms with Gasteiger partial charge in [-0.3, -0.25) is 0 Å². The predicted octanol–water partition coefficient (Wildman–Crippen LogP) is 2.24. The average Bonchev–Trinajstić information content (AvgIpc) is 2.27. The first kappa shape index (κ1) is 13.8. The van der Waals surface area contributed by atoms with E-state index in [1.54, 1.807) is 12.1 Å². The van der Waals surface area contributed by atoms with Gasteiger partial charge in [0.05, 0.1) is 22.9 Å². The Morgan fingerprint density at radius 2 is 1.94 bits per heavy atom. The fourth-order valence-corrected chi connectivity index (χ4v) is 2.99. The molecule has 4 nitrogen and oxygen atoms in total. The van der Waals surface area contributed by atoms with Crippen molar-refractivity contribution in [3.8, 4) is 5.75 Å². The molecular weight excluding hydrogens is 238 g/mol. The maximum absolute atomic E-state index is 11.9. The predicted molar refractivity (Wildman–Crippen MR) is 69.0 cm³/mol. The minimum absolute atomic E-state index is 0.106. The van der Waals surface area contributed by atoms with Gasteiger partial charge < -0.3 is 10.5 Å². The van der Waals surface area contributed by atoms with E-state index in [1.807, 2.05) is 13.8 Å². The van der Waals surface area contributed by atoms with Crippen LogP contribution in [0, 0.1) is 0 Å². The van der Waals surface area contributed by atoms with Crippen molar-refractivity contribution >= 4 is 15.5 Å². The molecule has 0 heterocycles. The van der Waals surface area contributed by atoms with E-state index >= 15 is 0 Å². The Kier molecular flexibility index (Phi) is 4.81. The topological polar surface area (TPSA) is 69.4 Å². The van der Waals surface area contributed by atoms with Crippen molar-refractivity contribution < 1.29 is 13.2 Å². The molecule has 1 aromatic carbocycles. The molecule has 0 unspecified atom stereocenters. The van der Waals surface area contributed by atoms with Crippen molar-refractivity contribution in [1.29, 1.82) is 0 Å². The van der Waals surface area contributed by atoms with Crippen LogP contribution in [0.2, 0.25) is 0 Å². The van der Waals surface area contributed by atoms with Crippen molar-refractivity contribution in [2.45, 2.75) is 31.6 Å². The smallest absolute Gasteiger partial charge is 0.180 e. The van der Waals surface area contributed by atoms with Gasteiger partial charge in [0.15, 0.2) is 9.84 Å². The van der Waals surface area contributed by atoms with Gasteiger partial charge in [0.2, 0.25) is 0 Å². The number of rotatable bonds is 6. The monoisotopic (exact) mass is 257 g/mol. The van der Waals surface area contributed by atoms with E-state index in [9.17, 15) is 8.42 Å². The van der Waals surface area contributed by atoms with Gasteiger partial charge in [-0.15, -0.1) is 0 Å². The fourth-order valence-electron chi connectivity index (χ4n) is 1.51. The lowest BCUT2D eigenvalue weighted by Crippen LogP contribution is -2.10. The van der Waals surface area contributed by atoms with Crippen LogP contribution in [0.3, 0.4) is 0 Å². The second-order valence-electron chi connectivity index (χ2n) is 3.84. The summed E-state index contributed by atoms with van der Waals surface area (Å²) in [5.74, 6) is 0.554. The van der Waals surface area contributed by atoms with Crippen LogP contribution < -0.4 is 10.5 Å². The second-order valence-corrected chi connectivity index (χ2v) is 5.91. The molecule has 0 saturated heterocycles. The Balaban J connectivity index is 3.10. The molecule has 5 heteroatoms. The summed E-state index contributed by atoms with van der Waals surface area (Å²) in [6.45, 7) is 4.33. The Bertz CT molecular complexity index is 469. The van der Waals surface area contributed by atoms with Crippen LogP contribution in [0.15, 0.2) is 23.1 Å². The van der Waals surface area contributed by atoms with Gasteiger partial charge in [0.25, 0.3) is 0 Å². The minimum atomic E-state index is -3.29. The van der Waals surface area contributed by atoms with Gasteiger partial charge >= 0.3 is 0 Å². The molecule has 0 fully saturated rings. The number of hydrogen-bond donors (Lipinski definition) is 1. The Labute approximate surface area is 103 Å². The van der Waals surface area contributed by atoms with Crippen LogP contribution in [0.25, 0.3) is 0 Å². The molecule has 0 aliphatic heterocycles. The van der Waals surface area contributed by atoms with Gasteiger partial charge in [-0.25, -0.2) is 8.42 Å². The molecule has 0 saturated carbocycles. The number of nitrogen functional groups attached to an aromatic ring is 1. The van der Waals surface area contributed by atoms with Gasteiger partial charge in [-0.1, -0.05) is 19.9 Å². The standard InChI is InChI=1S/C12H19NO3S/c1-3-8-16-10-6-5-7-11(12(10)13)17(14,15)9-4-2/h5-7H,3-4,8-9,13H2,1-2H3. The van der Waals surface area contributed by atoms with Crippen molar-refractivity contribution in [3.63, 3.8) is 0 Å². The van der Waals surface area contributed by atoms with Gasteiger partial charge in [-0.2, -0.15) is 0 Å². The normalized spacial score (nSPS) is 11.4. The summed E-state index contributed by atoms with van der Waals surface area (Å²) in [5.41, 5.74) is 6.05. The Morgan fingerprint density at radius 1 is 1.24 bits per heavy atom. The molecule has 0 atom stereocenters. The highest BCUT2D eigenvalue weighted by molar-refractivity contribution is 7.91. The van der Waals surface area contributed by atoms with E-state index in [2.05, 4.69) is 0 Å². The maximum Gasteiger partial charge on any atom is 0.180 e. The summed E-state index contributed by atoms with van der Waals surface area (Å²) >= 11 is 0. The molecule has 1 rings (SSSR count). The highest BCUT2D eigenvalue weighted by atomic mass is 32.2. The summed E-state index contributed by atoms with van der Waals surface area (Å²) in [7, 11) is -3.29. The average molecular weight is 257 g/mol. The first-order valence-corrected chi connectivity index (χ1v) is 7.42. The van der Waals surface area contributed by atoms with Crippen LogP contribution in [0.1, 0.15) is 26.7 Å². The number of sulfone groups is 1. The molecular formula is C12H19NO3S. The zero-order valence-electron chi connectivity index (χ0n) is 10.3. The number of hydrogen-bond acceptors (Lipinski definition) is 4. The third-order valence-electron chi connectivity index (χ3n) is 2.30. The van der Waals surface area contributed by atoms with E-state index in [4.69, 9.17) is 10.5 Å². The quantitative estimate of drug-likeness (QED) is 0.793. The van der Waals surface area contributed by atoms with Crippen LogP contribution in [-0.2, 0) is 9.84 Å². The summed E-state index contributed by atoms with van der Waals surface area (Å²) in [6, 6.07) is 4.87. The summed E-state index contributed by atoms with van der Waals surface area (Å²) < 4.78 is 29.3. The SMILES string of the molecule is CCCOc1cccc(S(=O)(=O)CCC)c1N. The van der Waals surface area contributed by atoms with E-state index < -0.39 is 9.84 Å². The van der Waals surface area contributed by atoms with Crippen molar-refractivity contribution in [1.82, 2.24) is 0 Å². The van der Waals surface area contributed by atoms with E-state index in [0.717, 1.165) is 6.42 Å². The first-order valence-electron chi connectivity index (χ1n) is 5.77. The summed E-state index contributed by atoms with van der Waals surface area (Å²) in [6.07, 6.45) is 1.42. The lowest BCUT2D eigenvalue weighted by Gasteiger charge is -2.11. The van der Waals surface area contributed by atoms with Crippen LogP contribution in [0.4, 0.5) is 5.69 Å². The van der Waals surface area contributed by atoms with E-state index in [-0.39, 0.29) is 16.3 Å². The van der Waals surface area contributed by atoms with Crippen LogP contribution >= 0.6 is 0 Å². The number of nitrogens with two attached hydrogens (primary N) is 1. The molecule has 0 aliphatic carbocycles. The molecule has 0 amide bonds. The van der Waals surface area contributed by atoms with Gasteiger partial charge in [0.1, 0.15) is 5.75 Å². The minimum Gasteiger partial charge on any atom is -0.491 e. The molecule has 0 spiro atoms. The lowest BCUT2D eigenvalue weighted by atomic mass is 10.3. The molecule has 0 aliphatic rings. The lowest BCUT2D eigenvalue weighted by molar-refractivity contribution is 0.318. The zero-order valence-corrected chi connectivity index (χ0v) is 11.1. The number of para-hydroxylation sites is 1. The molecule has 1 aromatic rings. The number of benzene rings is 1. The molecule has 96 valence electrons. The van der Waals surface area contributed by atoms with E-state index in [0.29, 0.717) is 18.8 Å². The van der Waals surface area contributed by atoms with E-state index in [1.165, 1.54) is 6.07 Å². The first-order chi connectivity index (χ1) is 8.03. The molecule has 2 N–H and O–H groups in total. The third kappa shape index (κ3) is 3.36. The van der Waals surface area contributed by atoms with Crippen molar-refractivity contribution in [3.05, 3.63) is 18.2 Å².